The quantitative estimate of drug-likeness (QED) is 0.701. The third kappa shape index (κ3) is 1.58. The van der Waals surface area contributed by atoms with Gasteiger partial charge in [0.15, 0.2) is 5.82 Å². The number of hydroxylamine groups is 1. The SMILES string of the molecule is Cc1cnc(N2CCCO2)cc1N. The molecule has 1 aliphatic rings. The fraction of sp³-hybridized carbons (Fsp3) is 0.444. The summed E-state index contributed by atoms with van der Waals surface area (Å²) in [5.74, 6) is 0.806. The van der Waals surface area contributed by atoms with Crippen LogP contribution >= 0.6 is 0 Å². The van der Waals surface area contributed by atoms with E-state index in [0.29, 0.717) is 0 Å². The molecule has 0 amide bonds. The minimum absolute atomic E-state index is 0.764. The number of hydrogen-bond acceptors (Lipinski definition) is 4. The molecule has 2 rings (SSSR count). The first-order valence-electron chi connectivity index (χ1n) is 4.40. The Labute approximate surface area is 77.3 Å². The van der Waals surface area contributed by atoms with Crippen molar-refractivity contribution in [2.45, 2.75) is 13.3 Å². The summed E-state index contributed by atoms with van der Waals surface area (Å²) in [7, 11) is 0. The first-order chi connectivity index (χ1) is 6.27. The third-order valence-corrected chi connectivity index (χ3v) is 2.14. The lowest BCUT2D eigenvalue weighted by molar-refractivity contribution is 0.166. The van der Waals surface area contributed by atoms with Crippen molar-refractivity contribution in [1.82, 2.24) is 4.98 Å². The number of nitrogens with zero attached hydrogens (tertiary/aromatic N) is 2. The lowest BCUT2D eigenvalue weighted by Gasteiger charge is -2.15. The highest BCUT2D eigenvalue weighted by atomic mass is 16.7. The molecule has 0 saturated carbocycles. The van der Waals surface area contributed by atoms with E-state index in [4.69, 9.17) is 10.6 Å². The smallest absolute Gasteiger partial charge is 0.154 e. The van der Waals surface area contributed by atoms with E-state index in [-0.39, 0.29) is 0 Å². The first kappa shape index (κ1) is 8.31. The van der Waals surface area contributed by atoms with Gasteiger partial charge < -0.3 is 5.73 Å². The van der Waals surface area contributed by atoms with Gasteiger partial charge in [-0.05, 0) is 18.9 Å². The van der Waals surface area contributed by atoms with Gasteiger partial charge in [0.1, 0.15) is 0 Å². The van der Waals surface area contributed by atoms with E-state index in [1.54, 1.807) is 11.3 Å². The van der Waals surface area contributed by atoms with Crippen molar-refractivity contribution in [3.63, 3.8) is 0 Å². The maximum Gasteiger partial charge on any atom is 0.154 e. The van der Waals surface area contributed by atoms with E-state index in [2.05, 4.69) is 4.98 Å². The highest BCUT2D eigenvalue weighted by Crippen LogP contribution is 2.20. The molecule has 1 aromatic heterocycles. The van der Waals surface area contributed by atoms with E-state index in [1.807, 2.05) is 13.0 Å². The van der Waals surface area contributed by atoms with Crippen LogP contribution in [0, 0.1) is 6.92 Å². The summed E-state index contributed by atoms with van der Waals surface area (Å²) in [5.41, 5.74) is 7.53. The first-order valence-corrected chi connectivity index (χ1v) is 4.40. The van der Waals surface area contributed by atoms with Gasteiger partial charge in [0.25, 0.3) is 0 Å². The summed E-state index contributed by atoms with van der Waals surface area (Å²) in [6.45, 7) is 3.61. The molecule has 2 heterocycles. The molecular formula is C9H13N3O. The van der Waals surface area contributed by atoms with E-state index >= 15 is 0 Å². The van der Waals surface area contributed by atoms with Crippen LogP contribution in [0.2, 0.25) is 0 Å². The minimum atomic E-state index is 0.764. The number of rotatable bonds is 1. The van der Waals surface area contributed by atoms with E-state index in [1.165, 1.54) is 0 Å². The number of hydrogen-bond donors (Lipinski definition) is 1. The largest absolute Gasteiger partial charge is 0.398 e. The van der Waals surface area contributed by atoms with Crippen LogP contribution in [0.3, 0.4) is 0 Å². The summed E-state index contributed by atoms with van der Waals surface area (Å²) in [6, 6.07) is 1.85. The molecule has 0 radical (unpaired) electrons. The zero-order valence-corrected chi connectivity index (χ0v) is 7.66. The van der Waals surface area contributed by atoms with Crippen LogP contribution in [0.1, 0.15) is 12.0 Å². The lowest BCUT2D eigenvalue weighted by atomic mass is 10.2. The van der Waals surface area contributed by atoms with Crippen LogP contribution in [-0.2, 0) is 4.84 Å². The Morgan fingerprint density at radius 3 is 3.08 bits per heavy atom. The molecule has 1 fully saturated rings. The minimum Gasteiger partial charge on any atom is -0.398 e. The van der Waals surface area contributed by atoms with E-state index < -0.39 is 0 Å². The maximum absolute atomic E-state index is 5.77. The Kier molecular flexibility index (Phi) is 2.06. The van der Waals surface area contributed by atoms with Crippen molar-refractivity contribution in [2.24, 2.45) is 0 Å². The summed E-state index contributed by atoms with van der Waals surface area (Å²) < 4.78 is 0. The predicted molar refractivity (Wildman–Crippen MR) is 51.3 cm³/mol. The van der Waals surface area contributed by atoms with Crippen molar-refractivity contribution in [2.75, 3.05) is 23.9 Å². The second-order valence-corrected chi connectivity index (χ2v) is 3.19. The average molecular weight is 179 g/mol. The molecule has 70 valence electrons. The topological polar surface area (TPSA) is 51.4 Å². The van der Waals surface area contributed by atoms with Gasteiger partial charge in [0, 0.05) is 24.5 Å². The third-order valence-electron chi connectivity index (χ3n) is 2.14. The van der Waals surface area contributed by atoms with Crippen LogP contribution in [0.25, 0.3) is 0 Å². The number of anilines is 2. The van der Waals surface area contributed by atoms with E-state index in [0.717, 1.165) is 36.6 Å². The Hall–Kier alpha value is -1.29. The Bertz CT molecular complexity index is 308. The number of aromatic nitrogens is 1. The van der Waals surface area contributed by atoms with Gasteiger partial charge in [0.2, 0.25) is 0 Å². The molecular weight excluding hydrogens is 166 g/mol. The molecule has 13 heavy (non-hydrogen) atoms. The summed E-state index contributed by atoms with van der Waals surface area (Å²) >= 11 is 0. The van der Waals surface area contributed by atoms with Gasteiger partial charge in [-0.25, -0.2) is 10.0 Å². The zero-order valence-electron chi connectivity index (χ0n) is 7.66. The van der Waals surface area contributed by atoms with Gasteiger partial charge in [-0.3, -0.25) is 4.84 Å². The highest BCUT2D eigenvalue weighted by Gasteiger charge is 2.14. The molecule has 1 aliphatic heterocycles. The second-order valence-electron chi connectivity index (χ2n) is 3.19. The van der Waals surface area contributed by atoms with Crippen LogP contribution < -0.4 is 10.8 Å². The van der Waals surface area contributed by atoms with Gasteiger partial charge >= 0.3 is 0 Å². The Morgan fingerprint density at radius 1 is 1.62 bits per heavy atom. The molecule has 2 N–H and O–H groups in total. The molecule has 4 heteroatoms. The summed E-state index contributed by atoms with van der Waals surface area (Å²) in [6.07, 6.45) is 2.82. The summed E-state index contributed by atoms with van der Waals surface area (Å²) in [4.78, 5) is 9.59. The molecule has 0 spiro atoms. The zero-order chi connectivity index (χ0) is 9.26. The van der Waals surface area contributed by atoms with Gasteiger partial charge in [-0.1, -0.05) is 0 Å². The van der Waals surface area contributed by atoms with Crippen molar-refractivity contribution >= 4 is 11.5 Å². The van der Waals surface area contributed by atoms with Gasteiger partial charge in [-0.15, -0.1) is 0 Å². The number of pyridine rings is 1. The molecule has 0 unspecified atom stereocenters. The molecule has 0 bridgehead atoms. The van der Waals surface area contributed by atoms with Crippen LogP contribution in [-0.4, -0.2) is 18.1 Å². The molecule has 1 aromatic rings. The lowest BCUT2D eigenvalue weighted by Crippen LogP contribution is -2.17. The van der Waals surface area contributed by atoms with E-state index in [9.17, 15) is 0 Å². The number of nitrogens with two attached hydrogens (primary N) is 1. The standard InChI is InChI=1S/C9H13N3O/c1-7-6-11-9(5-8(7)10)12-3-2-4-13-12/h5-6H,2-4H2,1H3,(H2,10,11). The van der Waals surface area contributed by atoms with Crippen molar-refractivity contribution < 1.29 is 4.84 Å². The van der Waals surface area contributed by atoms with Crippen LogP contribution in [0.5, 0.6) is 0 Å². The van der Waals surface area contributed by atoms with Crippen molar-refractivity contribution in [3.8, 4) is 0 Å². The molecule has 4 nitrogen and oxygen atoms in total. The maximum atomic E-state index is 5.77. The van der Waals surface area contributed by atoms with Crippen LogP contribution in [0.4, 0.5) is 11.5 Å². The fourth-order valence-electron chi connectivity index (χ4n) is 1.29. The molecule has 0 aliphatic carbocycles. The number of aryl methyl sites for hydroxylation is 1. The van der Waals surface area contributed by atoms with Crippen molar-refractivity contribution in [3.05, 3.63) is 17.8 Å². The monoisotopic (exact) mass is 179 g/mol. The van der Waals surface area contributed by atoms with Gasteiger partial charge in [0.05, 0.1) is 6.61 Å². The summed E-state index contributed by atoms with van der Waals surface area (Å²) in [5, 5.41) is 1.79. The Morgan fingerprint density at radius 2 is 2.46 bits per heavy atom. The molecule has 0 aromatic carbocycles. The fourth-order valence-corrected chi connectivity index (χ4v) is 1.29. The predicted octanol–water partition coefficient (Wildman–Crippen LogP) is 1.11. The van der Waals surface area contributed by atoms with Crippen molar-refractivity contribution in [1.29, 1.82) is 0 Å². The molecule has 0 atom stereocenters. The van der Waals surface area contributed by atoms with Crippen LogP contribution in [0.15, 0.2) is 12.3 Å². The number of nitrogen functional groups attached to an aromatic ring is 1. The van der Waals surface area contributed by atoms with Gasteiger partial charge in [-0.2, -0.15) is 0 Å². The highest BCUT2D eigenvalue weighted by molar-refractivity contribution is 5.53. The normalized spacial score (nSPS) is 16.5. The molecule has 1 saturated heterocycles. The second kappa shape index (κ2) is 3.22. The average Bonchev–Trinajstić information content (AvgIpc) is 2.62. The Balaban J connectivity index is 2.25.